The van der Waals surface area contributed by atoms with E-state index in [1.165, 1.54) is 21.5 Å². The maximum atomic E-state index is 5.09. The van der Waals surface area contributed by atoms with Crippen LogP contribution < -0.4 is 10.7 Å². The molecule has 0 aliphatic heterocycles. The summed E-state index contributed by atoms with van der Waals surface area (Å²) in [6.07, 6.45) is 0. The molecule has 5 heteroatoms. The minimum absolute atomic E-state index is 0.569. The molecule has 0 amide bonds. The molecule has 6 rings (SSSR count). The molecule has 0 saturated heterocycles. The van der Waals surface area contributed by atoms with Gasteiger partial charge in [-0.2, -0.15) is 0 Å². The summed E-state index contributed by atoms with van der Waals surface area (Å²) in [6.45, 7) is 0. The van der Waals surface area contributed by atoms with Gasteiger partial charge in [-0.15, -0.1) is 0 Å². The van der Waals surface area contributed by atoms with E-state index in [4.69, 9.17) is 30.4 Å². The van der Waals surface area contributed by atoms with E-state index in [2.05, 4.69) is 48.5 Å². The normalized spacial score (nSPS) is 12.5. The van der Waals surface area contributed by atoms with Crippen molar-refractivity contribution in [3.63, 3.8) is 0 Å². The summed E-state index contributed by atoms with van der Waals surface area (Å²) < 4.78 is 0. The van der Waals surface area contributed by atoms with Gasteiger partial charge in [0.15, 0.2) is 0 Å². The predicted molar refractivity (Wildman–Crippen MR) is 136 cm³/mol. The molecule has 2 nitrogen and oxygen atoms in total. The van der Waals surface area contributed by atoms with Gasteiger partial charge in [-0.1, -0.05) is 84.9 Å². The third-order valence-electron chi connectivity index (χ3n) is 5.61. The summed E-state index contributed by atoms with van der Waals surface area (Å²) in [4.78, 5) is 10.2. The van der Waals surface area contributed by atoms with Crippen molar-refractivity contribution in [2.75, 3.05) is 0 Å². The third-order valence-corrected chi connectivity index (χ3v) is 5.61. The van der Waals surface area contributed by atoms with E-state index in [-0.39, 0.29) is 0 Å². The molecule has 0 aliphatic carbocycles. The minimum atomic E-state index is 0.569. The molecule has 0 N–H and O–H groups in total. The average molecular weight is 512 g/mol. The van der Waals surface area contributed by atoms with Crippen molar-refractivity contribution < 1.29 is 12.7 Å². The first-order valence-corrected chi connectivity index (χ1v) is 13.1. The van der Waals surface area contributed by atoms with Crippen LogP contribution >= 0.6 is 20.4 Å². The second-order valence-electron chi connectivity index (χ2n) is 7.51. The molecule has 0 aromatic heterocycles. The number of hydrogen-bond donors (Lipinski definition) is 0. The average Bonchev–Trinajstić information content (AvgIpc) is 2.87. The number of hydrogen-bond acceptors (Lipinski definition) is 2. The van der Waals surface area contributed by atoms with Gasteiger partial charge in [-0.3, -0.25) is 0 Å². The zero-order valence-corrected chi connectivity index (χ0v) is 19.9. The summed E-state index contributed by atoms with van der Waals surface area (Å²) >= 11 is 0.569. The van der Waals surface area contributed by atoms with Gasteiger partial charge < -0.3 is 0 Å². The first kappa shape index (κ1) is 21.9. The van der Waals surface area contributed by atoms with Gasteiger partial charge in [0.05, 0.1) is 22.1 Å². The van der Waals surface area contributed by atoms with Crippen LogP contribution in [0.5, 0.6) is 0 Å². The molecule has 0 radical (unpaired) electrons. The van der Waals surface area contributed by atoms with Crippen LogP contribution in [0.1, 0.15) is 0 Å². The largest absolute Gasteiger partial charge is 0.246 e. The fourth-order valence-corrected chi connectivity index (χ4v) is 4.30. The zero-order chi connectivity index (χ0) is 22.6. The Morgan fingerprint density at radius 1 is 0.455 bits per heavy atom. The van der Waals surface area contributed by atoms with Crippen molar-refractivity contribution in [2.24, 2.45) is 9.98 Å². The second kappa shape index (κ2) is 9.89. The van der Waals surface area contributed by atoms with E-state index in [0.717, 1.165) is 32.9 Å². The Kier molecular flexibility index (Phi) is 6.55. The molecule has 0 aliphatic rings. The Labute approximate surface area is 205 Å². The van der Waals surface area contributed by atoms with E-state index >= 15 is 0 Å². The molecule has 0 saturated carbocycles. The van der Waals surface area contributed by atoms with Crippen LogP contribution in [0.15, 0.2) is 119 Å². The van der Waals surface area contributed by atoms with E-state index in [1.54, 1.807) is 0 Å². The van der Waals surface area contributed by atoms with E-state index in [1.807, 2.05) is 60.7 Å². The maximum Gasteiger partial charge on any atom is 0.0978 e. The molecule has 164 valence electrons. The van der Waals surface area contributed by atoms with E-state index in [9.17, 15) is 0 Å². The standard InChI is InChI=1S/C28H18N2.2ClH.Ni/c1-3-11-21(12-4-1)29-27-23-15-7-9-19-17-18-20-10-8-16-24(26(20)25(19)23)28(27)30-22-13-5-2-6-14-22;;;/h1-18H;2*1H;/q;;;+2/p-2. The number of nitrogens with zero attached hydrogens (tertiary/aromatic N) is 2. The Morgan fingerprint density at radius 3 is 1.24 bits per heavy atom. The molecule has 0 unspecified atom stereocenters. The molecule has 0 bridgehead atoms. The van der Waals surface area contributed by atoms with Gasteiger partial charge in [0, 0.05) is 10.8 Å². The molecule has 0 fully saturated rings. The quantitative estimate of drug-likeness (QED) is 0.167. The zero-order valence-electron chi connectivity index (χ0n) is 17.4. The van der Waals surface area contributed by atoms with Crippen molar-refractivity contribution >= 4 is 64.1 Å². The van der Waals surface area contributed by atoms with Crippen molar-refractivity contribution in [2.45, 2.75) is 0 Å². The van der Waals surface area contributed by atoms with Crippen LogP contribution in [0.3, 0.4) is 0 Å². The van der Waals surface area contributed by atoms with Gasteiger partial charge in [-0.05, 0) is 45.8 Å². The molecule has 0 heterocycles. The summed E-state index contributed by atoms with van der Waals surface area (Å²) in [6, 6.07) is 37.5. The molecule has 6 aromatic rings. The van der Waals surface area contributed by atoms with Gasteiger partial charge in [0.25, 0.3) is 0 Å². The Bertz CT molecular complexity index is 1530. The van der Waals surface area contributed by atoms with Gasteiger partial charge >= 0.3 is 33.0 Å². The molecular formula is C28H18Cl2N2Ni. The van der Waals surface area contributed by atoms with Crippen molar-refractivity contribution in [3.05, 3.63) is 120 Å². The van der Waals surface area contributed by atoms with E-state index in [0.29, 0.717) is 12.7 Å². The topological polar surface area (TPSA) is 24.7 Å². The number of benzene rings is 6. The molecular weight excluding hydrogens is 494 g/mol. The number of rotatable bonds is 2. The third kappa shape index (κ3) is 4.33. The Balaban J connectivity index is 0.000000724. The molecule has 0 atom stereocenters. The van der Waals surface area contributed by atoms with Crippen LogP contribution in [0.25, 0.3) is 32.3 Å². The summed E-state index contributed by atoms with van der Waals surface area (Å²) in [5.74, 6) is 0. The summed E-state index contributed by atoms with van der Waals surface area (Å²) in [5, 5.41) is 9.08. The van der Waals surface area contributed by atoms with Crippen molar-refractivity contribution in [1.82, 2.24) is 0 Å². The second-order valence-corrected chi connectivity index (χ2v) is 9.14. The fourth-order valence-electron chi connectivity index (χ4n) is 4.30. The van der Waals surface area contributed by atoms with Crippen LogP contribution in [-0.2, 0) is 12.7 Å². The molecule has 0 spiro atoms. The van der Waals surface area contributed by atoms with Crippen molar-refractivity contribution in [3.8, 4) is 0 Å². The SMILES string of the molecule is [Cl][Ni][Cl].c1ccc(N=c2c(=Nc3ccccc3)c3cccc4ccc5cccc2c5c43)cc1. The van der Waals surface area contributed by atoms with Crippen LogP contribution in [0, 0.1) is 0 Å². The van der Waals surface area contributed by atoms with Crippen LogP contribution in [-0.4, -0.2) is 0 Å². The smallest absolute Gasteiger partial charge is 0.0978 e. The van der Waals surface area contributed by atoms with Crippen LogP contribution in [0.4, 0.5) is 11.4 Å². The minimum Gasteiger partial charge on any atom is -0.246 e. The maximum absolute atomic E-state index is 5.09. The Hall–Kier alpha value is -2.97. The predicted octanol–water partition coefficient (Wildman–Crippen LogP) is 7.86. The van der Waals surface area contributed by atoms with Crippen molar-refractivity contribution in [1.29, 1.82) is 0 Å². The van der Waals surface area contributed by atoms with Crippen LogP contribution in [0.2, 0.25) is 0 Å². The fraction of sp³-hybridized carbons (Fsp3) is 0. The number of halogens is 2. The Morgan fingerprint density at radius 2 is 0.848 bits per heavy atom. The molecule has 6 aromatic carbocycles. The number of para-hydroxylation sites is 2. The first-order valence-electron chi connectivity index (χ1n) is 10.4. The monoisotopic (exact) mass is 510 g/mol. The van der Waals surface area contributed by atoms with Gasteiger partial charge in [-0.25, -0.2) is 9.98 Å². The summed E-state index contributed by atoms with van der Waals surface area (Å²) in [7, 11) is 9.40. The van der Waals surface area contributed by atoms with Gasteiger partial charge in [0.2, 0.25) is 0 Å². The van der Waals surface area contributed by atoms with Gasteiger partial charge in [0.1, 0.15) is 0 Å². The van der Waals surface area contributed by atoms with E-state index < -0.39 is 0 Å². The summed E-state index contributed by atoms with van der Waals surface area (Å²) in [5.41, 5.74) is 1.86. The first-order chi connectivity index (χ1) is 16.3. The molecule has 33 heavy (non-hydrogen) atoms.